The topological polar surface area (TPSA) is 38.4 Å². The Bertz CT molecular complexity index is 2340. The van der Waals surface area contributed by atoms with Gasteiger partial charge in [-0.05, 0) is 59.5 Å². The molecule has 0 saturated heterocycles. The van der Waals surface area contributed by atoms with Gasteiger partial charge in [-0.25, -0.2) is 4.98 Å². The molecule has 8 rings (SSSR count). The van der Waals surface area contributed by atoms with Crippen molar-refractivity contribution in [1.82, 2.24) is 4.98 Å². The van der Waals surface area contributed by atoms with Crippen molar-refractivity contribution in [2.24, 2.45) is 4.99 Å². The highest BCUT2D eigenvalue weighted by Gasteiger charge is 2.19. The number of nitrogens with zero attached hydrogens (tertiary/aromatic N) is 2. The molecule has 6 aromatic carbocycles. The number of aromatic nitrogens is 1. The van der Waals surface area contributed by atoms with Gasteiger partial charge in [0.25, 0.3) is 0 Å². The third-order valence-corrected chi connectivity index (χ3v) is 9.40. The van der Waals surface area contributed by atoms with Crippen LogP contribution in [0.1, 0.15) is 30.9 Å². The molecule has 2 aromatic heterocycles. The number of aryl methyl sites for hydroxylation is 1. The zero-order chi connectivity index (χ0) is 29.5. The van der Waals surface area contributed by atoms with Gasteiger partial charge in [-0.15, -0.1) is 11.3 Å². The number of benzene rings is 6. The summed E-state index contributed by atoms with van der Waals surface area (Å²) >= 11 is 1.74. The quantitative estimate of drug-likeness (QED) is 0.174. The molecule has 2 heterocycles. The Kier molecular flexibility index (Phi) is 6.77. The minimum absolute atomic E-state index is 0.908. The van der Waals surface area contributed by atoms with Crippen molar-refractivity contribution in [2.75, 3.05) is 0 Å². The summed E-state index contributed by atoms with van der Waals surface area (Å²) in [4.78, 5) is 10.3. The van der Waals surface area contributed by atoms with Crippen LogP contribution in [0.2, 0.25) is 0 Å². The zero-order valence-electron chi connectivity index (χ0n) is 24.5. The van der Waals surface area contributed by atoms with E-state index < -0.39 is 0 Å². The summed E-state index contributed by atoms with van der Waals surface area (Å²) in [7, 11) is 0. The highest BCUT2D eigenvalue weighted by atomic mass is 32.1. The summed E-state index contributed by atoms with van der Waals surface area (Å²) < 4.78 is 7.66. The number of furan rings is 1. The minimum atomic E-state index is 0.908. The van der Waals surface area contributed by atoms with Gasteiger partial charge in [0.15, 0.2) is 0 Å². The van der Waals surface area contributed by atoms with Crippen LogP contribution in [-0.4, -0.2) is 11.2 Å². The average Bonchev–Trinajstić information content (AvgIpc) is 3.68. The van der Waals surface area contributed by atoms with Crippen LogP contribution in [-0.2, 0) is 6.42 Å². The first-order valence-corrected chi connectivity index (χ1v) is 16.0. The molecule has 3 nitrogen and oxygen atoms in total. The molecule has 0 spiro atoms. The lowest BCUT2D eigenvalue weighted by Crippen LogP contribution is -1.89. The van der Waals surface area contributed by atoms with E-state index in [0.29, 0.717) is 0 Å². The number of rotatable bonds is 7. The van der Waals surface area contributed by atoms with Crippen molar-refractivity contribution in [3.05, 3.63) is 132 Å². The molecule has 0 aliphatic carbocycles. The van der Waals surface area contributed by atoms with Gasteiger partial charge < -0.3 is 4.42 Å². The van der Waals surface area contributed by atoms with Gasteiger partial charge in [0, 0.05) is 39.2 Å². The Morgan fingerprint density at radius 2 is 1.48 bits per heavy atom. The lowest BCUT2D eigenvalue weighted by Gasteiger charge is -2.08. The lowest BCUT2D eigenvalue weighted by atomic mass is 9.97. The smallest absolute Gasteiger partial charge is 0.143 e. The highest BCUT2D eigenvalue weighted by Crippen LogP contribution is 2.43. The van der Waals surface area contributed by atoms with Crippen LogP contribution in [0, 0.1) is 0 Å². The molecule has 0 aliphatic heterocycles. The predicted molar refractivity (Wildman–Crippen MR) is 188 cm³/mol. The van der Waals surface area contributed by atoms with Crippen LogP contribution < -0.4 is 0 Å². The lowest BCUT2D eigenvalue weighted by molar-refractivity contribution is 0.670. The van der Waals surface area contributed by atoms with Gasteiger partial charge in [0.2, 0.25) is 0 Å². The summed E-state index contributed by atoms with van der Waals surface area (Å²) in [5.74, 6) is 0. The van der Waals surface area contributed by atoms with Crippen molar-refractivity contribution in [3.8, 4) is 21.7 Å². The summed E-state index contributed by atoms with van der Waals surface area (Å²) in [6.45, 7) is 2.25. The fraction of sp³-hybridized carbons (Fsp3) is 0.100. The average molecular weight is 587 g/mol. The number of thiazole rings is 1. The van der Waals surface area contributed by atoms with E-state index >= 15 is 0 Å². The van der Waals surface area contributed by atoms with E-state index in [1.165, 1.54) is 21.0 Å². The zero-order valence-corrected chi connectivity index (χ0v) is 25.3. The Labute approximate surface area is 260 Å². The molecule has 0 bridgehead atoms. The second kappa shape index (κ2) is 11.2. The van der Waals surface area contributed by atoms with Crippen LogP contribution >= 0.6 is 11.3 Å². The first kappa shape index (κ1) is 26.6. The number of hydrogen-bond acceptors (Lipinski definition) is 4. The van der Waals surface area contributed by atoms with Gasteiger partial charge in [-0.1, -0.05) is 104 Å². The number of fused-ring (bicyclic) bond motifs is 5. The molecular weight excluding hydrogens is 557 g/mol. The van der Waals surface area contributed by atoms with Crippen LogP contribution in [0.3, 0.4) is 0 Å². The number of aliphatic imine (C=N–C) groups is 1. The standard InChI is InChI=1S/C40H30N2OS/c1-2-3-12-26-23-34(32-20-11-19-31-30-17-7-9-22-36(30)43-39(31)32)38-37(24-26)44-40(42-38)33-18-6-8-21-35(33)41-25-28-15-10-14-27-13-4-5-16-29(27)28/h4-11,13-25H,2-3,12H2,1H3/b41-25+. The van der Waals surface area contributed by atoms with Crippen LogP contribution in [0.25, 0.3) is 64.6 Å². The van der Waals surface area contributed by atoms with E-state index in [1.807, 2.05) is 24.4 Å². The van der Waals surface area contributed by atoms with Crippen LogP contribution in [0.4, 0.5) is 5.69 Å². The van der Waals surface area contributed by atoms with E-state index in [1.54, 1.807) is 11.3 Å². The second-order valence-electron chi connectivity index (χ2n) is 11.2. The van der Waals surface area contributed by atoms with E-state index in [4.69, 9.17) is 14.4 Å². The Hall–Kier alpha value is -5.06. The summed E-state index contributed by atoms with van der Waals surface area (Å²) in [5, 5.41) is 5.65. The molecule has 0 saturated carbocycles. The molecule has 0 fully saturated rings. The fourth-order valence-electron chi connectivity index (χ4n) is 6.16. The van der Waals surface area contributed by atoms with E-state index in [-0.39, 0.29) is 0 Å². The van der Waals surface area contributed by atoms with Crippen molar-refractivity contribution in [2.45, 2.75) is 26.2 Å². The van der Waals surface area contributed by atoms with E-state index in [2.05, 4.69) is 110 Å². The fourth-order valence-corrected chi connectivity index (χ4v) is 7.25. The Morgan fingerprint density at radius 3 is 2.41 bits per heavy atom. The SMILES string of the molecule is CCCCc1cc(-c2cccc3c2oc2ccccc23)c2nc(-c3ccccc3/N=C/c3cccc4ccccc34)sc2c1. The molecule has 0 radical (unpaired) electrons. The van der Waals surface area contributed by atoms with Gasteiger partial charge in [-0.2, -0.15) is 0 Å². The van der Waals surface area contributed by atoms with Crippen molar-refractivity contribution in [1.29, 1.82) is 0 Å². The van der Waals surface area contributed by atoms with Crippen LogP contribution in [0.5, 0.6) is 0 Å². The number of unbranched alkanes of at least 4 members (excludes halogenated alkanes) is 1. The Morgan fingerprint density at radius 1 is 0.727 bits per heavy atom. The molecule has 4 heteroatoms. The molecule has 0 aliphatic rings. The summed E-state index contributed by atoms with van der Waals surface area (Å²) in [5.41, 5.74) is 9.41. The number of para-hydroxylation sites is 3. The van der Waals surface area contributed by atoms with Crippen molar-refractivity contribution < 1.29 is 4.42 Å². The molecule has 0 atom stereocenters. The van der Waals surface area contributed by atoms with E-state index in [0.717, 1.165) is 79.7 Å². The third kappa shape index (κ3) is 4.68. The second-order valence-corrected chi connectivity index (χ2v) is 12.3. The van der Waals surface area contributed by atoms with Gasteiger partial charge in [0.1, 0.15) is 16.2 Å². The summed E-state index contributed by atoms with van der Waals surface area (Å²) in [6, 6.07) is 42.5. The highest BCUT2D eigenvalue weighted by molar-refractivity contribution is 7.21. The maximum Gasteiger partial charge on any atom is 0.143 e. The molecule has 44 heavy (non-hydrogen) atoms. The van der Waals surface area contributed by atoms with Gasteiger partial charge >= 0.3 is 0 Å². The summed E-state index contributed by atoms with van der Waals surface area (Å²) in [6.07, 6.45) is 5.32. The normalized spacial score (nSPS) is 11.9. The largest absolute Gasteiger partial charge is 0.455 e. The van der Waals surface area contributed by atoms with Gasteiger partial charge in [0.05, 0.1) is 15.9 Å². The molecule has 0 unspecified atom stereocenters. The molecular formula is C40H30N2OS. The molecule has 8 aromatic rings. The molecule has 212 valence electrons. The minimum Gasteiger partial charge on any atom is -0.455 e. The first-order chi connectivity index (χ1) is 21.8. The predicted octanol–water partition coefficient (Wildman–Crippen LogP) is 11.8. The first-order valence-electron chi connectivity index (χ1n) is 15.2. The van der Waals surface area contributed by atoms with Crippen molar-refractivity contribution in [3.63, 3.8) is 0 Å². The van der Waals surface area contributed by atoms with E-state index in [9.17, 15) is 0 Å². The maximum absolute atomic E-state index is 6.48. The van der Waals surface area contributed by atoms with Gasteiger partial charge in [-0.3, -0.25) is 4.99 Å². The third-order valence-electron chi connectivity index (χ3n) is 8.37. The molecule has 0 amide bonds. The Balaban J connectivity index is 1.28. The monoisotopic (exact) mass is 586 g/mol. The maximum atomic E-state index is 6.48. The molecule has 0 N–H and O–H groups in total. The number of hydrogen-bond donors (Lipinski definition) is 0. The van der Waals surface area contributed by atoms with Crippen LogP contribution in [0.15, 0.2) is 131 Å². The van der Waals surface area contributed by atoms with Crippen molar-refractivity contribution >= 4 is 66.2 Å².